The molecule has 1 saturated heterocycles. The number of hydrogen-bond donors (Lipinski definition) is 0. The maximum Gasteiger partial charge on any atom is 0.283 e. The lowest BCUT2D eigenvalue weighted by Gasteiger charge is -2.35. The van der Waals surface area contributed by atoms with E-state index in [4.69, 9.17) is 4.74 Å². The number of nitrogens with zero attached hydrogens (tertiary/aromatic N) is 6. The van der Waals surface area contributed by atoms with Crippen molar-refractivity contribution in [2.75, 3.05) is 13.1 Å². The van der Waals surface area contributed by atoms with E-state index in [1.165, 1.54) is 15.6 Å². The highest BCUT2D eigenvalue weighted by Crippen LogP contribution is 2.11. The van der Waals surface area contributed by atoms with Crippen molar-refractivity contribution in [1.29, 1.82) is 0 Å². The number of aromatic nitrogens is 5. The minimum Gasteiger partial charge on any atom is -0.372 e. The first-order chi connectivity index (χ1) is 10.5. The van der Waals surface area contributed by atoms with Gasteiger partial charge in [0, 0.05) is 20.1 Å². The van der Waals surface area contributed by atoms with Crippen LogP contribution in [0.1, 0.15) is 13.8 Å². The monoisotopic (exact) mass is 306 g/mol. The Balaban J connectivity index is 1.82. The smallest absolute Gasteiger partial charge is 0.283 e. The summed E-state index contributed by atoms with van der Waals surface area (Å²) in [5.74, 6) is -0.130. The summed E-state index contributed by atoms with van der Waals surface area (Å²) in [6.45, 7) is 4.85. The van der Waals surface area contributed by atoms with Crippen molar-refractivity contribution in [2.24, 2.45) is 7.05 Å². The van der Waals surface area contributed by atoms with Gasteiger partial charge < -0.3 is 9.64 Å². The Hall–Kier alpha value is -2.29. The van der Waals surface area contributed by atoms with Crippen LogP contribution in [0.2, 0.25) is 0 Å². The lowest BCUT2D eigenvalue weighted by molar-refractivity contribution is -0.143. The molecule has 0 aliphatic carbocycles. The fourth-order valence-electron chi connectivity index (χ4n) is 2.69. The zero-order chi connectivity index (χ0) is 15.9. The van der Waals surface area contributed by atoms with E-state index in [2.05, 4.69) is 15.3 Å². The van der Waals surface area contributed by atoms with Gasteiger partial charge in [-0.2, -0.15) is 0 Å². The number of aryl methyl sites for hydroxylation is 1. The fourth-order valence-corrected chi connectivity index (χ4v) is 2.69. The van der Waals surface area contributed by atoms with Crippen LogP contribution >= 0.6 is 0 Å². The van der Waals surface area contributed by atoms with Gasteiger partial charge in [0.2, 0.25) is 5.91 Å². The largest absolute Gasteiger partial charge is 0.372 e. The average Bonchev–Trinajstić information content (AvgIpc) is 2.83. The van der Waals surface area contributed by atoms with Crippen LogP contribution in [-0.2, 0) is 23.1 Å². The summed E-state index contributed by atoms with van der Waals surface area (Å²) in [5.41, 5.74) is 0.213. The van der Waals surface area contributed by atoms with Crippen molar-refractivity contribution in [1.82, 2.24) is 29.4 Å². The molecule has 2 aromatic heterocycles. The molecule has 0 bridgehead atoms. The molecule has 0 saturated carbocycles. The molecule has 0 unspecified atom stereocenters. The van der Waals surface area contributed by atoms with Crippen molar-refractivity contribution < 1.29 is 9.53 Å². The van der Waals surface area contributed by atoms with E-state index in [9.17, 15) is 9.59 Å². The minimum atomic E-state index is -0.360. The highest BCUT2D eigenvalue weighted by Gasteiger charge is 2.26. The lowest BCUT2D eigenvalue weighted by atomic mass is 10.2. The summed E-state index contributed by atoms with van der Waals surface area (Å²) in [4.78, 5) is 30.5. The SMILES string of the molecule is C[C@@H]1CN(C(=O)Cn2cnc3c(nnn3C)c2=O)C[C@@H](C)O1. The third-order valence-corrected chi connectivity index (χ3v) is 3.66. The second kappa shape index (κ2) is 5.48. The molecule has 1 aliphatic heterocycles. The van der Waals surface area contributed by atoms with Gasteiger partial charge in [0.15, 0.2) is 11.2 Å². The molecule has 3 heterocycles. The molecule has 2 atom stereocenters. The molecule has 3 rings (SSSR count). The van der Waals surface area contributed by atoms with E-state index < -0.39 is 0 Å². The number of ether oxygens (including phenoxy) is 1. The maximum absolute atomic E-state index is 12.4. The van der Waals surface area contributed by atoms with E-state index in [0.717, 1.165) is 0 Å². The molecule has 9 nitrogen and oxygen atoms in total. The van der Waals surface area contributed by atoms with Crippen LogP contribution in [0, 0.1) is 0 Å². The molecular formula is C13H18N6O3. The van der Waals surface area contributed by atoms with E-state index >= 15 is 0 Å². The summed E-state index contributed by atoms with van der Waals surface area (Å²) in [7, 11) is 1.66. The van der Waals surface area contributed by atoms with Crippen molar-refractivity contribution in [3.8, 4) is 0 Å². The Kier molecular flexibility index (Phi) is 3.65. The van der Waals surface area contributed by atoms with Gasteiger partial charge in [0.05, 0.1) is 12.2 Å². The first-order valence-corrected chi connectivity index (χ1v) is 7.13. The first-order valence-electron chi connectivity index (χ1n) is 7.13. The van der Waals surface area contributed by atoms with E-state index in [1.54, 1.807) is 11.9 Å². The lowest BCUT2D eigenvalue weighted by Crippen LogP contribution is -2.49. The van der Waals surface area contributed by atoms with Crippen molar-refractivity contribution in [3.05, 3.63) is 16.7 Å². The molecule has 1 fully saturated rings. The molecule has 0 aromatic carbocycles. The standard InChI is InChI=1S/C13H18N6O3/c1-8-4-18(5-9(2)22-8)10(20)6-19-7-14-12-11(13(19)21)15-16-17(12)3/h7-9H,4-6H2,1-3H3/t8-,9-/m1/s1. The van der Waals surface area contributed by atoms with Crippen LogP contribution in [-0.4, -0.2) is 60.6 Å². The zero-order valence-electron chi connectivity index (χ0n) is 12.8. The number of hydrogen-bond acceptors (Lipinski definition) is 6. The van der Waals surface area contributed by atoms with Gasteiger partial charge in [-0.1, -0.05) is 5.21 Å². The molecule has 1 amide bonds. The molecule has 2 aromatic rings. The van der Waals surface area contributed by atoms with Gasteiger partial charge in [0.25, 0.3) is 5.56 Å². The zero-order valence-corrected chi connectivity index (χ0v) is 12.8. The van der Waals surface area contributed by atoms with Crippen molar-refractivity contribution >= 4 is 17.1 Å². The molecule has 22 heavy (non-hydrogen) atoms. The van der Waals surface area contributed by atoms with Gasteiger partial charge >= 0.3 is 0 Å². The predicted octanol–water partition coefficient (Wildman–Crippen LogP) is -0.839. The van der Waals surface area contributed by atoms with Crippen LogP contribution in [0.4, 0.5) is 0 Å². The number of carbonyl (C=O) groups is 1. The molecule has 118 valence electrons. The molecule has 0 radical (unpaired) electrons. The maximum atomic E-state index is 12.4. The van der Waals surface area contributed by atoms with Crippen LogP contribution in [0.5, 0.6) is 0 Å². The molecule has 9 heteroatoms. The van der Waals surface area contributed by atoms with Crippen molar-refractivity contribution in [3.63, 3.8) is 0 Å². The quantitative estimate of drug-likeness (QED) is 0.718. The minimum absolute atomic E-state index is 0.00924. The van der Waals surface area contributed by atoms with Crippen molar-refractivity contribution in [2.45, 2.75) is 32.6 Å². The van der Waals surface area contributed by atoms with Crippen LogP contribution in [0.3, 0.4) is 0 Å². The third-order valence-electron chi connectivity index (χ3n) is 3.66. The van der Waals surface area contributed by atoms with E-state index in [0.29, 0.717) is 18.7 Å². The highest BCUT2D eigenvalue weighted by atomic mass is 16.5. The predicted molar refractivity (Wildman–Crippen MR) is 77.2 cm³/mol. The summed E-state index contributed by atoms with van der Waals surface area (Å²) < 4.78 is 8.30. The Morgan fingerprint density at radius 1 is 1.36 bits per heavy atom. The number of amides is 1. The second-order valence-electron chi connectivity index (χ2n) is 5.62. The number of morpholine rings is 1. The summed E-state index contributed by atoms with van der Waals surface area (Å²) in [5, 5.41) is 7.56. The van der Waals surface area contributed by atoms with Crippen LogP contribution in [0.25, 0.3) is 11.2 Å². The van der Waals surface area contributed by atoms with Gasteiger partial charge in [-0.15, -0.1) is 5.10 Å². The van der Waals surface area contributed by atoms with Gasteiger partial charge in [0.1, 0.15) is 12.9 Å². The van der Waals surface area contributed by atoms with Gasteiger partial charge in [-0.3, -0.25) is 14.2 Å². The second-order valence-corrected chi connectivity index (χ2v) is 5.62. The third kappa shape index (κ3) is 2.59. The molecular weight excluding hydrogens is 288 g/mol. The Morgan fingerprint density at radius 3 is 2.73 bits per heavy atom. The van der Waals surface area contributed by atoms with Crippen LogP contribution < -0.4 is 5.56 Å². The summed E-state index contributed by atoms with van der Waals surface area (Å²) in [6.07, 6.45) is 1.34. The summed E-state index contributed by atoms with van der Waals surface area (Å²) >= 11 is 0. The number of fused-ring (bicyclic) bond motifs is 1. The van der Waals surface area contributed by atoms with E-state index in [-0.39, 0.29) is 35.7 Å². The Bertz CT molecular complexity index is 757. The number of carbonyl (C=O) groups excluding carboxylic acids is 1. The van der Waals surface area contributed by atoms with E-state index in [1.807, 2.05) is 13.8 Å². The normalized spacial score (nSPS) is 22.2. The highest BCUT2D eigenvalue weighted by molar-refractivity contribution is 5.76. The van der Waals surface area contributed by atoms with Gasteiger partial charge in [-0.25, -0.2) is 9.67 Å². The van der Waals surface area contributed by atoms with Crippen LogP contribution in [0.15, 0.2) is 11.1 Å². The molecule has 0 spiro atoms. The fraction of sp³-hybridized carbons (Fsp3) is 0.615. The van der Waals surface area contributed by atoms with Gasteiger partial charge in [-0.05, 0) is 13.8 Å². The Labute approximate surface area is 126 Å². The average molecular weight is 306 g/mol. The Morgan fingerprint density at radius 2 is 2.05 bits per heavy atom. The summed E-state index contributed by atoms with van der Waals surface area (Å²) in [6, 6.07) is 0. The topological polar surface area (TPSA) is 95.1 Å². The molecule has 1 aliphatic rings. The number of rotatable bonds is 2. The first kappa shape index (κ1) is 14.6. The molecule has 0 N–H and O–H groups in total.